The summed E-state index contributed by atoms with van der Waals surface area (Å²) in [5.41, 5.74) is 8.75. The van der Waals surface area contributed by atoms with Gasteiger partial charge in [-0.15, -0.1) is 0 Å². The summed E-state index contributed by atoms with van der Waals surface area (Å²) in [6.45, 7) is 1.62. The number of fused-ring (bicyclic) bond motifs is 1. The molecule has 0 spiro atoms. The Morgan fingerprint density at radius 3 is 2.42 bits per heavy atom. The first-order valence-electron chi connectivity index (χ1n) is 6.16. The number of benzene rings is 2. The van der Waals surface area contributed by atoms with Crippen LogP contribution in [0.15, 0.2) is 36.4 Å². The molecule has 0 aromatic heterocycles. The van der Waals surface area contributed by atoms with Crippen molar-refractivity contribution in [3.63, 3.8) is 0 Å². The first-order chi connectivity index (χ1) is 9.28. The lowest BCUT2D eigenvalue weighted by molar-refractivity contribution is 0.171. The summed E-state index contributed by atoms with van der Waals surface area (Å²) in [5.74, 6) is 1.58. The Morgan fingerprint density at radius 2 is 1.63 bits per heavy atom. The van der Waals surface area contributed by atoms with Crippen molar-refractivity contribution in [3.05, 3.63) is 47.0 Å². The summed E-state index contributed by atoms with van der Waals surface area (Å²) in [6.07, 6.45) is 0. The molecular formula is C15H14ClNO2. The molecule has 2 N–H and O–H groups in total. The molecule has 3 nitrogen and oxygen atoms in total. The van der Waals surface area contributed by atoms with Gasteiger partial charge in [0.15, 0.2) is 11.5 Å². The summed E-state index contributed by atoms with van der Waals surface area (Å²) in [7, 11) is 0. The Morgan fingerprint density at radius 1 is 0.947 bits per heavy atom. The molecule has 0 radical (unpaired) electrons. The molecular weight excluding hydrogens is 262 g/mol. The lowest BCUT2D eigenvalue weighted by atomic mass is 10.0. The van der Waals surface area contributed by atoms with Crippen LogP contribution in [-0.2, 0) is 6.54 Å². The molecule has 3 rings (SSSR count). The smallest absolute Gasteiger partial charge is 0.161 e. The van der Waals surface area contributed by atoms with Gasteiger partial charge in [0.2, 0.25) is 0 Å². The van der Waals surface area contributed by atoms with Crippen LogP contribution in [0.3, 0.4) is 0 Å². The van der Waals surface area contributed by atoms with E-state index in [4.69, 9.17) is 26.8 Å². The molecule has 0 unspecified atom stereocenters. The number of rotatable bonds is 2. The van der Waals surface area contributed by atoms with E-state index < -0.39 is 0 Å². The number of halogens is 1. The maximum atomic E-state index is 6.07. The Bertz CT molecular complexity index is 613. The molecule has 0 amide bonds. The molecule has 1 aliphatic rings. The highest BCUT2D eigenvalue weighted by Crippen LogP contribution is 2.35. The molecule has 1 heterocycles. The van der Waals surface area contributed by atoms with Crippen molar-refractivity contribution in [1.82, 2.24) is 0 Å². The van der Waals surface area contributed by atoms with E-state index in [0.717, 1.165) is 28.2 Å². The van der Waals surface area contributed by atoms with Gasteiger partial charge in [-0.1, -0.05) is 23.7 Å². The predicted molar refractivity (Wildman–Crippen MR) is 75.8 cm³/mol. The molecule has 2 aromatic rings. The van der Waals surface area contributed by atoms with Crippen LogP contribution in [0.25, 0.3) is 11.1 Å². The first kappa shape index (κ1) is 12.3. The minimum atomic E-state index is 0.428. The van der Waals surface area contributed by atoms with E-state index in [0.29, 0.717) is 24.8 Å². The van der Waals surface area contributed by atoms with Gasteiger partial charge in [0, 0.05) is 11.6 Å². The zero-order valence-electron chi connectivity index (χ0n) is 10.4. The zero-order valence-corrected chi connectivity index (χ0v) is 11.1. The lowest BCUT2D eigenvalue weighted by Gasteiger charge is -2.19. The van der Waals surface area contributed by atoms with Crippen molar-refractivity contribution in [1.29, 1.82) is 0 Å². The number of ether oxygens (including phenoxy) is 2. The second-order valence-corrected chi connectivity index (χ2v) is 4.78. The topological polar surface area (TPSA) is 44.5 Å². The third kappa shape index (κ3) is 2.39. The molecule has 0 bridgehead atoms. The molecule has 0 fully saturated rings. The summed E-state index contributed by atoms with van der Waals surface area (Å²) in [6, 6.07) is 11.8. The molecule has 0 aliphatic carbocycles. The monoisotopic (exact) mass is 275 g/mol. The van der Waals surface area contributed by atoms with Crippen molar-refractivity contribution >= 4 is 11.6 Å². The summed E-state index contributed by atoms with van der Waals surface area (Å²) in [4.78, 5) is 0. The van der Waals surface area contributed by atoms with Crippen molar-refractivity contribution in [2.75, 3.05) is 13.2 Å². The van der Waals surface area contributed by atoms with E-state index in [1.165, 1.54) is 0 Å². The van der Waals surface area contributed by atoms with Crippen LogP contribution in [0.5, 0.6) is 11.5 Å². The van der Waals surface area contributed by atoms with E-state index in [2.05, 4.69) is 0 Å². The fourth-order valence-corrected chi connectivity index (χ4v) is 2.33. The number of hydrogen-bond donors (Lipinski definition) is 1. The average Bonchev–Trinajstić information content (AvgIpc) is 2.47. The fraction of sp³-hybridized carbons (Fsp3) is 0.200. The number of hydrogen-bond acceptors (Lipinski definition) is 3. The second-order valence-electron chi connectivity index (χ2n) is 4.37. The number of nitrogens with two attached hydrogens (primary N) is 1. The Labute approximate surface area is 116 Å². The maximum Gasteiger partial charge on any atom is 0.161 e. The van der Waals surface area contributed by atoms with Gasteiger partial charge in [-0.2, -0.15) is 0 Å². The van der Waals surface area contributed by atoms with E-state index >= 15 is 0 Å². The van der Waals surface area contributed by atoms with Crippen molar-refractivity contribution in [3.8, 4) is 22.6 Å². The first-order valence-corrected chi connectivity index (χ1v) is 6.54. The molecule has 2 aromatic carbocycles. The molecule has 1 aliphatic heterocycles. The van der Waals surface area contributed by atoms with Gasteiger partial charge in [0.25, 0.3) is 0 Å². The van der Waals surface area contributed by atoms with Crippen LogP contribution in [0.2, 0.25) is 5.02 Å². The van der Waals surface area contributed by atoms with Gasteiger partial charge in [0.1, 0.15) is 13.2 Å². The van der Waals surface area contributed by atoms with Crippen LogP contribution < -0.4 is 15.2 Å². The molecule has 98 valence electrons. The normalized spacial score (nSPS) is 13.4. The Kier molecular flexibility index (Phi) is 3.32. The van der Waals surface area contributed by atoms with Gasteiger partial charge < -0.3 is 15.2 Å². The zero-order chi connectivity index (χ0) is 13.2. The molecule has 19 heavy (non-hydrogen) atoms. The highest BCUT2D eigenvalue weighted by Gasteiger charge is 2.12. The van der Waals surface area contributed by atoms with Gasteiger partial charge in [0.05, 0.1) is 0 Å². The minimum absolute atomic E-state index is 0.428. The van der Waals surface area contributed by atoms with E-state index in [1.807, 2.05) is 36.4 Å². The minimum Gasteiger partial charge on any atom is -0.486 e. The third-order valence-electron chi connectivity index (χ3n) is 3.14. The van der Waals surface area contributed by atoms with Crippen molar-refractivity contribution in [2.24, 2.45) is 5.73 Å². The largest absolute Gasteiger partial charge is 0.486 e. The standard InChI is InChI=1S/C15H14ClNO2/c16-13-3-1-10(7-12(13)9-17)11-2-4-14-15(8-11)19-6-5-18-14/h1-4,7-8H,5-6,9,17H2. The summed E-state index contributed by atoms with van der Waals surface area (Å²) in [5, 5.41) is 0.698. The second kappa shape index (κ2) is 5.11. The van der Waals surface area contributed by atoms with Crippen molar-refractivity contribution < 1.29 is 9.47 Å². The van der Waals surface area contributed by atoms with Gasteiger partial charge in [-0.05, 0) is 41.0 Å². The van der Waals surface area contributed by atoms with Gasteiger partial charge >= 0.3 is 0 Å². The third-order valence-corrected chi connectivity index (χ3v) is 3.51. The van der Waals surface area contributed by atoms with Gasteiger partial charge in [-0.3, -0.25) is 0 Å². The lowest BCUT2D eigenvalue weighted by Crippen LogP contribution is -2.15. The van der Waals surface area contributed by atoms with E-state index in [-0.39, 0.29) is 0 Å². The Balaban J connectivity index is 2.02. The highest BCUT2D eigenvalue weighted by molar-refractivity contribution is 6.31. The molecule has 0 atom stereocenters. The van der Waals surface area contributed by atoms with Crippen LogP contribution in [0.1, 0.15) is 5.56 Å². The van der Waals surface area contributed by atoms with E-state index in [9.17, 15) is 0 Å². The summed E-state index contributed by atoms with van der Waals surface area (Å²) >= 11 is 6.07. The van der Waals surface area contributed by atoms with Crippen molar-refractivity contribution in [2.45, 2.75) is 6.54 Å². The maximum absolute atomic E-state index is 6.07. The molecule has 4 heteroatoms. The highest BCUT2D eigenvalue weighted by atomic mass is 35.5. The quantitative estimate of drug-likeness (QED) is 0.915. The van der Waals surface area contributed by atoms with Crippen LogP contribution in [0, 0.1) is 0 Å². The SMILES string of the molecule is NCc1cc(-c2ccc3c(c2)OCCO3)ccc1Cl. The molecule has 0 saturated carbocycles. The summed E-state index contributed by atoms with van der Waals surface area (Å²) < 4.78 is 11.1. The van der Waals surface area contributed by atoms with Crippen LogP contribution in [-0.4, -0.2) is 13.2 Å². The predicted octanol–water partition coefficient (Wildman–Crippen LogP) is 3.24. The fourth-order valence-electron chi connectivity index (χ4n) is 2.13. The van der Waals surface area contributed by atoms with Crippen LogP contribution >= 0.6 is 11.6 Å². The average molecular weight is 276 g/mol. The Hall–Kier alpha value is -1.71. The van der Waals surface area contributed by atoms with Gasteiger partial charge in [-0.25, -0.2) is 0 Å². The van der Waals surface area contributed by atoms with E-state index in [1.54, 1.807) is 0 Å². The molecule has 0 saturated heterocycles. The van der Waals surface area contributed by atoms with Crippen LogP contribution in [0.4, 0.5) is 0 Å².